The SMILES string of the molecule is CN(Cc1cscn1)C(=O)[C@@H](O)c1cc(Cl)cc(Cl)c1. The summed E-state index contributed by atoms with van der Waals surface area (Å²) in [5.74, 6) is -0.434. The first-order chi connectivity index (χ1) is 9.47. The summed E-state index contributed by atoms with van der Waals surface area (Å²) in [7, 11) is 1.61. The van der Waals surface area contributed by atoms with Gasteiger partial charge in [0.1, 0.15) is 0 Å². The lowest BCUT2D eigenvalue weighted by Crippen LogP contribution is -2.31. The summed E-state index contributed by atoms with van der Waals surface area (Å²) in [5.41, 5.74) is 2.85. The van der Waals surface area contributed by atoms with E-state index in [2.05, 4.69) is 4.98 Å². The molecule has 2 rings (SSSR count). The molecule has 1 atom stereocenters. The summed E-state index contributed by atoms with van der Waals surface area (Å²) < 4.78 is 0. The number of nitrogens with zero attached hydrogens (tertiary/aromatic N) is 2. The summed E-state index contributed by atoms with van der Waals surface area (Å²) in [6, 6.07) is 4.59. The Morgan fingerprint density at radius 2 is 2.05 bits per heavy atom. The molecule has 2 aromatic rings. The van der Waals surface area contributed by atoms with E-state index in [9.17, 15) is 9.90 Å². The van der Waals surface area contributed by atoms with Crippen LogP contribution in [0.2, 0.25) is 10.0 Å². The van der Waals surface area contributed by atoms with Crippen LogP contribution in [0, 0.1) is 0 Å². The van der Waals surface area contributed by atoms with E-state index in [1.165, 1.54) is 28.4 Å². The smallest absolute Gasteiger partial charge is 0.256 e. The zero-order valence-electron chi connectivity index (χ0n) is 10.6. The highest BCUT2D eigenvalue weighted by Gasteiger charge is 2.22. The second-order valence-electron chi connectivity index (χ2n) is 4.28. The van der Waals surface area contributed by atoms with Crippen molar-refractivity contribution in [3.05, 3.63) is 50.4 Å². The van der Waals surface area contributed by atoms with Crippen LogP contribution < -0.4 is 0 Å². The van der Waals surface area contributed by atoms with Gasteiger partial charge in [-0.1, -0.05) is 23.2 Å². The lowest BCUT2D eigenvalue weighted by atomic mass is 10.1. The lowest BCUT2D eigenvalue weighted by Gasteiger charge is -2.20. The Kier molecular flexibility index (Phi) is 4.99. The average Bonchev–Trinajstić information content (AvgIpc) is 2.88. The highest BCUT2D eigenvalue weighted by atomic mass is 35.5. The summed E-state index contributed by atoms with van der Waals surface area (Å²) >= 11 is 13.2. The molecule has 1 N–H and O–H groups in total. The third-order valence-electron chi connectivity index (χ3n) is 2.69. The molecular weight excluding hydrogens is 319 g/mol. The van der Waals surface area contributed by atoms with Crippen molar-refractivity contribution >= 4 is 40.4 Å². The number of likely N-dealkylation sites (N-methyl/N-ethyl adjacent to an activating group) is 1. The summed E-state index contributed by atoms with van der Waals surface area (Å²) in [4.78, 5) is 17.7. The first-order valence-electron chi connectivity index (χ1n) is 5.73. The van der Waals surface area contributed by atoms with E-state index < -0.39 is 12.0 Å². The van der Waals surface area contributed by atoms with Crippen molar-refractivity contribution in [3.63, 3.8) is 0 Å². The minimum Gasteiger partial charge on any atom is -0.378 e. The third-order valence-corrected chi connectivity index (χ3v) is 3.77. The maximum absolute atomic E-state index is 12.2. The van der Waals surface area contributed by atoms with Crippen molar-refractivity contribution in [2.24, 2.45) is 0 Å². The fourth-order valence-corrected chi connectivity index (χ4v) is 2.81. The molecule has 1 amide bonds. The van der Waals surface area contributed by atoms with E-state index in [1.807, 2.05) is 5.38 Å². The molecule has 7 heteroatoms. The average molecular weight is 331 g/mol. The van der Waals surface area contributed by atoms with Gasteiger partial charge in [-0.15, -0.1) is 11.3 Å². The molecule has 0 fully saturated rings. The number of benzene rings is 1. The molecule has 1 aromatic heterocycles. The summed E-state index contributed by atoms with van der Waals surface area (Å²) in [5, 5.41) is 12.7. The number of aliphatic hydroxyl groups is 1. The molecule has 4 nitrogen and oxygen atoms in total. The molecule has 0 unspecified atom stereocenters. The Labute approximate surface area is 130 Å². The Balaban J connectivity index is 2.11. The van der Waals surface area contributed by atoms with Crippen molar-refractivity contribution in [1.82, 2.24) is 9.88 Å². The number of hydrogen-bond acceptors (Lipinski definition) is 4. The van der Waals surface area contributed by atoms with Crippen LogP contribution in [0.25, 0.3) is 0 Å². The molecule has 0 bridgehead atoms. The minimum atomic E-state index is -1.30. The first kappa shape index (κ1) is 15.3. The van der Waals surface area contributed by atoms with E-state index in [4.69, 9.17) is 23.2 Å². The second-order valence-corrected chi connectivity index (χ2v) is 5.87. The summed E-state index contributed by atoms with van der Waals surface area (Å²) in [6.45, 7) is 0.341. The first-order valence-corrected chi connectivity index (χ1v) is 7.43. The Morgan fingerprint density at radius 1 is 1.40 bits per heavy atom. The van der Waals surface area contributed by atoms with Crippen LogP contribution in [0.5, 0.6) is 0 Å². The topological polar surface area (TPSA) is 53.4 Å². The van der Waals surface area contributed by atoms with Gasteiger partial charge in [0.05, 0.1) is 17.7 Å². The van der Waals surface area contributed by atoms with Gasteiger partial charge in [0.2, 0.25) is 0 Å². The number of aliphatic hydroxyl groups excluding tert-OH is 1. The third kappa shape index (κ3) is 3.70. The van der Waals surface area contributed by atoms with Crippen LogP contribution in [0.15, 0.2) is 29.1 Å². The van der Waals surface area contributed by atoms with Crippen LogP contribution in [0.4, 0.5) is 0 Å². The molecule has 0 spiro atoms. The van der Waals surface area contributed by atoms with Crippen LogP contribution in [0.3, 0.4) is 0 Å². The molecule has 106 valence electrons. The minimum absolute atomic E-state index is 0.341. The molecule has 0 aliphatic heterocycles. The van der Waals surface area contributed by atoms with Crippen LogP contribution in [-0.4, -0.2) is 27.9 Å². The highest BCUT2D eigenvalue weighted by Crippen LogP contribution is 2.24. The molecule has 0 aliphatic rings. The molecule has 0 saturated heterocycles. The maximum Gasteiger partial charge on any atom is 0.256 e. The number of amides is 1. The number of aromatic nitrogens is 1. The van der Waals surface area contributed by atoms with Gasteiger partial charge in [-0.3, -0.25) is 4.79 Å². The van der Waals surface area contributed by atoms with E-state index >= 15 is 0 Å². The van der Waals surface area contributed by atoms with Crippen LogP contribution >= 0.6 is 34.5 Å². The van der Waals surface area contributed by atoms with Gasteiger partial charge in [0.25, 0.3) is 5.91 Å². The molecule has 1 heterocycles. The number of thiazole rings is 1. The number of rotatable bonds is 4. The molecule has 20 heavy (non-hydrogen) atoms. The van der Waals surface area contributed by atoms with Gasteiger partial charge >= 0.3 is 0 Å². The van der Waals surface area contributed by atoms with E-state index in [0.29, 0.717) is 22.2 Å². The van der Waals surface area contributed by atoms with Crippen LogP contribution in [-0.2, 0) is 11.3 Å². The van der Waals surface area contributed by atoms with Gasteiger partial charge in [-0.05, 0) is 23.8 Å². The molecule has 1 aromatic carbocycles. The Hall–Kier alpha value is -1.14. The number of carbonyl (C=O) groups is 1. The normalized spacial score (nSPS) is 12.2. The van der Waals surface area contributed by atoms with Crippen molar-refractivity contribution in [1.29, 1.82) is 0 Å². The highest BCUT2D eigenvalue weighted by molar-refractivity contribution is 7.07. The number of halogens is 2. The number of hydrogen-bond donors (Lipinski definition) is 1. The maximum atomic E-state index is 12.2. The zero-order chi connectivity index (χ0) is 14.7. The standard InChI is InChI=1S/C13H12Cl2N2O2S/c1-17(5-11-6-20-7-16-11)13(19)12(18)8-2-9(14)4-10(15)3-8/h2-4,6-7,12,18H,5H2,1H3/t12-/m0/s1. The fourth-order valence-electron chi connectivity index (χ4n) is 1.72. The predicted molar refractivity (Wildman–Crippen MR) is 80.0 cm³/mol. The van der Waals surface area contributed by atoms with Gasteiger partial charge in [0, 0.05) is 22.5 Å². The molecule has 0 aliphatic carbocycles. The summed E-state index contributed by atoms with van der Waals surface area (Å²) in [6.07, 6.45) is -1.30. The quantitative estimate of drug-likeness (QED) is 0.936. The van der Waals surface area contributed by atoms with Gasteiger partial charge in [-0.25, -0.2) is 4.98 Å². The van der Waals surface area contributed by atoms with Gasteiger partial charge < -0.3 is 10.0 Å². The van der Waals surface area contributed by atoms with E-state index in [0.717, 1.165) is 5.69 Å². The van der Waals surface area contributed by atoms with Crippen molar-refractivity contribution in [2.75, 3.05) is 7.05 Å². The molecule has 0 saturated carbocycles. The van der Waals surface area contributed by atoms with E-state index in [-0.39, 0.29) is 0 Å². The molecular formula is C13H12Cl2N2O2S. The van der Waals surface area contributed by atoms with Crippen molar-refractivity contribution in [3.8, 4) is 0 Å². The van der Waals surface area contributed by atoms with Gasteiger partial charge in [0.15, 0.2) is 6.10 Å². The lowest BCUT2D eigenvalue weighted by molar-refractivity contribution is -0.139. The van der Waals surface area contributed by atoms with E-state index in [1.54, 1.807) is 18.6 Å². The Bertz CT molecular complexity index is 584. The van der Waals surface area contributed by atoms with Crippen molar-refractivity contribution < 1.29 is 9.90 Å². The predicted octanol–water partition coefficient (Wildman–Crippen LogP) is 3.14. The van der Waals surface area contributed by atoms with Gasteiger partial charge in [-0.2, -0.15) is 0 Å². The van der Waals surface area contributed by atoms with Crippen molar-refractivity contribution in [2.45, 2.75) is 12.6 Å². The second kappa shape index (κ2) is 6.54. The Morgan fingerprint density at radius 3 is 2.60 bits per heavy atom. The number of carbonyl (C=O) groups excluding carboxylic acids is 1. The monoisotopic (exact) mass is 330 g/mol. The largest absolute Gasteiger partial charge is 0.378 e. The fraction of sp³-hybridized carbons (Fsp3) is 0.231. The van der Waals surface area contributed by atoms with Crippen LogP contribution in [0.1, 0.15) is 17.4 Å². The zero-order valence-corrected chi connectivity index (χ0v) is 12.9. The molecule has 0 radical (unpaired) electrons.